The Bertz CT molecular complexity index is 1030. The summed E-state index contributed by atoms with van der Waals surface area (Å²) in [5, 5.41) is 2.85. The van der Waals surface area contributed by atoms with Gasteiger partial charge in [0, 0.05) is 50.9 Å². The van der Waals surface area contributed by atoms with E-state index in [0.717, 1.165) is 30.2 Å². The molecule has 4 rings (SSSR count). The summed E-state index contributed by atoms with van der Waals surface area (Å²) in [4.78, 5) is 33.2. The van der Waals surface area contributed by atoms with Crippen molar-refractivity contribution in [3.63, 3.8) is 0 Å². The van der Waals surface area contributed by atoms with E-state index in [-0.39, 0.29) is 24.7 Å². The molecule has 0 bridgehead atoms. The molecule has 1 aliphatic rings. The third-order valence-corrected chi connectivity index (χ3v) is 5.56. The molecule has 2 heterocycles. The number of nitrogens with zero attached hydrogens (tertiary/aromatic N) is 3. The van der Waals surface area contributed by atoms with Crippen molar-refractivity contribution >= 4 is 23.3 Å². The van der Waals surface area contributed by atoms with Crippen molar-refractivity contribution in [3.05, 3.63) is 84.6 Å². The van der Waals surface area contributed by atoms with Crippen LogP contribution in [0.2, 0.25) is 0 Å². The molecule has 0 atom stereocenters. The van der Waals surface area contributed by atoms with Crippen LogP contribution in [0.1, 0.15) is 18.4 Å². The summed E-state index contributed by atoms with van der Waals surface area (Å²) in [7, 11) is 0. The number of aromatic nitrogens is 1. The third-order valence-electron chi connectivity index (χ3n) is 5.56. The molecule has 3 aromatic rings. The first kappa shape index (κ1) is 22.3. The van der Waals surface area contributed by atoms with Crippen molar-refractivity contribution in [1.82, 2.24) is 9.88 Å². The van der Waals surface area contributed by atoms with Crippen LogP contribution in [0, 0.1) is 0 Å². The van der Waals surface area contributed by atoms with E-state index < -0.39 is 0 Å². The van der Waals surface area contributed by atoms with E-state index in [1.807, 2.05) is 65.6 Å². The van der Waals surface area contributed by atoms with E-state index >= 15 is 0 Å². The van der Waals surface area contributed by atoms with Gasteiger partial charge in [0.2, 0.25) is 11.8 Å². The fourth-order valence-electron chi connectivity index (χ4n) is 3.70. The molecule has 0 spiro atoms. The van der Waals surface area contributed by atoms with Crippen LogP contribution in [-0.4, -0.2) is 47.9 Å². The molecular weight excluding hydrogens is 416 g/mol. The number of anilines is 2. The van der Waals surface area contributed by atoms with Crippen LogP contribution in [-0.2, 0) is 16.2 Å². The number of amides is 2. The highest BCUT2D eigenvalue weighted by Gasteiger charge is 2.22. The highest BCUT2D eigenvalue weighted by molar-refractivity contribution is 5.93. The van der Waals surface area contributed by atoms with Crippen LogP contribution in [0.25, 0.3) is 0 Å². The molecule has 0 unspecified atom stereocenters. The minimum Gasteiger partial charge on any atom is -0.489 e. The number of hydrogen-bond acceptors (Lipinski definition) is 5. The molecule has 2 aromatic carbocycles. The van der Waals surface area contributed by atoms with Crippen molar-refractivity contribution in [2.75, 3.05) is 36.4 Å². The van der Waals surface area contributed by atoms with Crippen molar-refractivity contribution in [3.8, 4) is 5.75 Å². The van der Waals surface area contributed by atoms with E-state index in [9.17, 15) is 9.59 Å². The minimum atomic E-state index is -0.173. The van der Waals surface area contributed by atoms with E-state index in [0.29, 0.717) is 25.4 Å². The topological polar surface area (TPSA) is 74.8 Å². The average Bonchev–Trinajstić information content (AvgIpc) is 2.88. The van der Waals surface area contributed by atoms with Gasteiger partial charge in [0.15, 0.2) is 0 Å². The van der Waals surface area contributed by atoms with Crippen LogP contribution in [0.5, 0.6) is 5.75 Å². The monoisotopic (exact) mass is 444 g/mol. The van der Waals surface area contributed by atoms with Gasteiger partial charge in [0.1, 0.15) is 18.2 Å². The minimum absolute atomic E-state index is 0.00970. The second-order valence-electron chi connectivity index (χ2n) is 7.90. The summed E-state index contributed by atoms with van der Waals surface area (Å²) in [5.41, 5.74) is 1.78. The highest BCUT2D eigenvalue weighted by atomic mass is 16.5. The zero-order valence-corrected chi connectivity index (χ0v) is 18.5. The van der Waals surface area contributed by atoms with Crippen LogP contribution < -0.4 is 15.0 Å². The first-order valence-electron chi connectivity index (χ1n) is 11.2. The van der Waals surface area contributed by atoms with Gasteiger partial charge in [0.05, 0.1) is 0 Å². The van der Waals surface area contributed by atoms with Gasteiger partial charge in [-0.15, -0.1) is 0 Å². The highest BCUT2D eigenvalue weighted by Crippen LogP contribution is 2.18. The van der Waals surface area contributed by atoms with Crippen LogP contribution in [0.4, 0.5) is 11.5 Å². The Balaban J connectivity index is 1.17. The number of carbonyl (C=O) groups excluding carboxylic acids is 2. The van der Waals surface area contributed by atoms with E-state index in [1.165, 1.54) is 0 Å². The second-order valence-corrected chi connectivity index (χ2v) is 7.90. The smallest absolute Gasteiger partial charge is 0.224 e. The molecule has 0 saturated carbocycles. The van der Waals surface area contributed by atoms with Gasteiger partial charge in [-0.3, -0.25) is 9.59 Å². The summed E-state index contributed by atoms with van der Waals surface area (Å²) in [6.07, 6.45) is 2.13. The lowest BCUT2D eigenvalue weighted by Gasteiger charge is -2.35. The van der Waals surface area contributed by atoms with Gasteiger partial charge in [-0.05, 0) is 42.0 Å². The lowest BCUT2D eigenvalue weighted by molar-refractivity contribution is -0.133. The summed E-state index contributed by atoms with van der Waals surface area (Å²) in [6, 6.07) is 23.0. The first-order valence-corrected chi connectivity index (χ1v) is 11.2. The molecule has 0 aliphatic carbocycles. The summed E-state index contributed by atoms with van der Waals surface area (Å²) < 4.78 is 5.76. The van der Waals surface area contributed by atoms with Gasteiger partial charge in [-0.1, -0.05) is 36.4 Å². The summed E-state index contributed by atoms with van der Waals surface area (Å²) in [6.45, 7) is 3.26. The molecule has 2 amide bonds. The number of ether oxygens (including phenoxy) is 1. The lowest BCUT2D eigenvalue weighted by atomic mass is 10.2. The Morgan fingerprint density at radius 3 is 2.27 bits per heavy atom. The van der Waals surface area contributed by atoms with E-state index in [1.54, 1.807) is 18.3 Å². The van der Waals surface area contributed by atoms with Gasteiger partial charge < -0.3 is 19.9 Å². The van der Waals surface area contributed by atoms with Crippen LogP contribution >= 0.6 is 0 Å². The largest absolute Gasteiger partial charge is 0.489 e. The van der Waals surface area contributed by atoms with E-state index in [4.69, 9.17) is 4.74 Å². The van der Waals surface area contributed by atoms with Crippen molar-refractivity contribution in [2.24, 2.45) is 0 Å². The maximum absolute atomic E-state index is 12.5. The zero-order chi connectivity index (χ0) is 22.9. The van der Waals surface area contributed by atoms with E-state index in [2.05, 4.69) is 15.2 Å². The molecule has 0 radical (unpaired) electrons. The third kappa shape index (κ3) is 6.55. The molecule has 1 saturated heterocycles. The second kappa shape index (κ2) is 11.1. The normalized spacial score (nSPS) is 13.5. The van der Waals surface area contributed by atoms with Crippen LogP contribution in [0.15, 0.2) is 79.0 Å². The lowest BCUT2D eigenvalue weighted by Crippen LogP contribution is -2.49. The Hall–Kier alpha value is -3.87. The van der Waals surface area contributed by atoms with Crippen LogP contribution in [0.3, 0.4) is 0 Å². The number of nitrogens with one attached hydrogen (secondary N) is 1. The molecule has 1 aliphatic heterocycles. The molecule has 33 heavy (non-hydrogen) atoms. The maximum atomic E-state index is 12.5. The SMILES string of the molecule is O=C(CCC(=O)N1CCN(c2ccccn2)CC1)Nc1ccc(OCc2ccccc2)cc1. The van der Waals surface area contributed by atoms with Crippen molar-refractivity contribution in [2.45, 2.75) is 19.4 Å². The number of piperazine rings is 1. The fraction of sp³-hybridized carbons (Fsp3) is 0.269. The van der Waals surface area contributed by atoms with Gasteiger partial charge >= 0.3 is 0 Å². The number of carbonyl (C=O) groups is 2. The number of pyridine rings is 1. The first-order chi connectivity index (χ1) is 16.2. The Morgan fingerprint density at radius 2 is 1.58 bits per heavy atom. The quantitative estimate of drug-likeness (QED) is 0.573. The number of rotatable bonds is 8. The molecule has 1 fully saturated rings. The summed E-state index contributed by atoms with van der Waals surface area (Å²) in [5.74, 6) is 1.50. The van der Waals surface area contributed by atoms with Gasteiger partial charge in [-0.25, -0.2) is 4.98 Å². The zero-order valence-electron chi connectivity index (χ0n) is 18.5. The maximum Gasteiger partial charge on any atom is 0.224 e. The number of hydrogen-bond donors (Lipinski definition) is 1. The molecular formula is C26H28N4O3. The molecule has 1 N–H and O–H groups in total. The predicted octanol–water partition coefficient (Wildman–Crippen LogP) is 3.73. The van der Waals surface area contributed by atoms with Crippen molar-refractivity contribution in [1.29, 1.82) is 0 Å². The fourth-order valence-corrected chi connectivity index (χ4v) is 3.70. The molecule has 170 valence electrons. The molecule has 1 aromatic heterocycles. The van der Waals surface area contributed by atoms with Crippen molar-refractivity contribution < 1.29 is 14.3 Å². The van der Waals surface area contributed by atoms with Gasteiger partial charge in [0.25, 0.3) is 0 Å². The molecule has 7 nitrogen and oxygen atoms in total. The predicted molar refractivity (Wildman–Crippen MR) is 128 cm³/mol. The summed E-state index contributed by atoms with van der Waals surface area (Å²) >= 11 is 0. The Labute approximate surface area is 194 Å². The Kier molecular flexibility index (Phi) is 7.53. The average molecular weight is 445 g/mol. The molecule has 7 heteroatoms. The standard InChI is InChI=1S/C26H28N4O3/c31-25(28-22-9-11-23(12-10-22)33-20-21-6-2-1-3-7-21)13-14-26(32)30-18-16-29(17-19-30)24-8-4-5-15-27-24/h1-12,15H,13-14,16-20H2,(H,28,31). The van der Waals surface area contributed by atoms with Gasteiger partial charge in [-0.2, -0.15) is 0 Å². The Morgan fingerprint density at radius 1 is 0.848 bits per heavy atom. The number of benzene rings is 2.